The minimum absolute atomic E-state index is 0.347. The molecule has 2 aliphatic carbocycles. The molecule has 0 aromatic rings. The lowest BCUT2D eigenvalue weighted by Gasteiger charge is -2.36. The summed E-state index contributed by atoms with van der Waals surface area (Å²) >= 11 is 0. The maximum atomic E-state index is 12.0. The summed E-state index contributed by atoms with van der Waals surface area (Å²) in [6.45, 7) is 5.86. The molecule has 0 N–H and O–H groups in total. The van der Waals surface area contributed by atoms with E-state index in [0.29, 0.717) is 11.7 Å². The van der Waals surface area contributed by atoms with E-state index in [2.05, 4.69) is 9.80 Å². The van der Waals surface area contributed by atoms with E-state index in [1.807, 2.05) is 0 Å². The molecule has 3 nitrogen and oxygen atoms in total. The Labute approximate surface area is 111 Å². The van der Waals surface area contributed by atoms with Gasteiger partial charge in [-0.15, -0.1) is 0 Å². The Bertz CT molecular complexity index is 293. The number of hydrogen-bond donors (Lipinski definition) is 0. The summed E-state index contributed by atoms with van der Waals surface area (Å²) in [5.41, 5.74) is 0. The standard InChI is InChI=1S/C15H26N2O/c18-15-5-3-1-2-4-13(15)12-16-8-10-17(11-9-16)14-6-7-14/h13-14H,1-12H2. The lowest BCUT2D eigenvalue weighted by Crippen LogP contribution is -2.49. The molecule has 3 heteroatoms. The molecule has 3 fully saturated rings. The van der Waals surface area contributed by atoms with Gasteiger partial charge in [-0.3, -0.25) is 9.69 Å². The van der Waals surface area contributed by atoms with Gasteiger partial charge in [-0.1, -0.05) is 12.8 Å². The van der Waals surface area contributed by atoms with Gasteiger partial charge in [-0.05, 0) is 25.7 Å². The zero-order chi connectivity index (χ0) is 12.4. The highest BCUT2D eigenvalue weighted by molar-refractivity contribution is 5.81. The van der Waals surface area contributed by atoms with Crippen molar-refractivity contribution < 1.29 is 4.79 Å². The number of hydrogen-bond acceptors (Lipinski definition) is 3. The van der Waals surface area contributed by atoms with E-state index >= 15 is 0 Å². The summed E-state index contributed by atoms with van der Waals surface area (Å²) in [5.74, 6) is 0.886. The molecule has 18 heavy (non-hydrogen) atoms. The van der Waals surface area contributed by atoms with Crippen LogP contribution in [0.4, 0.5) is 0 Å². The van der Waals surface area contributed by atoms with E-state index in [1.165, 1.54) is 51.9 Å². The number of rotatable bonds is 3. The molecule has 1 saturated heterocycles. The Morgan fingerprint density at radius 2 is 1.72 bits per heavy atom. The van der Waals surface area contributed by atoms with E-state index in [9.17, 15) is 4.79 Å². The lowest BCUT2D eigenvalue weighted by atomic mass is 9.98. The Morgan fingerprint density at radius 1 is 0.944 bits per heavy atom. The van der Waals surface area contributed by atoms with Crippen LogP contribution in [0.25, 0.3) is 0 Å². The Kier molecular flexibility index (Phi) is 4.00. The summed E-state index contributed by atoms with van der Waals surface area (Å²) in [6.07, 6.45) is 8.47. The van der Waals surface area contributed by atoms with E-state index in [1.54, 1.807) is 0 Å². The Morgan fingerprint density at radius 3 is 2.44 bits per heavy atom. The average Bonchev–Trinajstić information content (AvgIpc) is 3.21. The van der Waals surface area contributed by atoms with Crippen LogP contribution < -0.4 is 0 Å². The number of carbonyl (C=O) groups is 1. The second-order valence-corrected chi connectivity index (χ2v) is 6.33. The van der Waals surface area contributed by atoms with Gasteiger partial charge in [0.05, 0.1) is 0 Å². The van der Waals surface area contributed by atoms with Crippen molar-refractivity contribution in [2.45, 2.75) is 51.0 Å². The third-order valence-electron chi connectivity index (χ3n) is 4.88. The van der Waals surface area contributed by atoms with Gasteiger partial charge in [-0.2, -0.15) is 0 Å². The highest BCUT2D eigenvalue weighted by Crippen LogP contribution is 2.28. The maximum Gasteiger partial charge on any atom is 0.137 e. The van der Waals surface area contributed by atoms with Crippen molar-refractivity contribution in [1.82, 2.24) is 9.80 Å². The number of carbonyl (C=O) groups excluding carboxylic acids is 1. The molecule has 102 valence electrons. The zero-order valence-electron chi connectivity index (χ0n) is 11.4. The molecule has 0 aromatic carbocycles. The predicted octanol–water partition coefficient (Wildman–Crippen LogP) is 1.92. The molecule has 0 aromatic heterocycles. The van der Waals surface area contributed by atoms with Gasteiger partial charge in [0.1, 0.15) is 5.78 Å². The summed E-state index contributed by atoms with van der Waals surface area (Å²) in [4.78, 5) is 17.2. The molecular weight excluding hydrogens is 224 g/mol. The Balaban J connectivity index is 1.45. The number of ketones is 1. The van der Waals surface area contributed by atoms with Gasteiger partial charge in [-0.25, -0.2) is 0 Å². The van der Waals surface area contributed by atoms with Crippen LogP contribution in [0.5, 0.6) is 0 Å². The van der Waals surface area contributed by atoms with Crippen LogP contribution in [-0.2, 0) is 4.79 Å². The van der Waals surface area contributed by atoms with Crippen LogP contribution in [0.1, 0.15) is 44.9 Å². The first-order valence-electron chi connectivity index (χ1n) is 7.82. The van der Waals surface area contributed by atoms with E-state index in [4.69, 9.17) is 0 Å². The quantitative estimate of drug-likeness (QED) is 0.715. The summed E-state index contributed by atoms with van der Waals surface area (Å²) in [7, 11) is 0. The summed E-state index contributed by atoms with van der Waals surface area (Å²) < 4.78 is 0. The lowest BCUT2D eigenvalue weighted by molar-refractivity contribution is -0.123. The van der Waals surface area contributed by atoms with Crippen molar-refractivity contribution in [1.29, 1.82) is 0 Å². The second-order valence-electron chi connectivity index (χ2n) is 6.33. The molecule has 1 aliphatic heterocycles. The van der Waals surface area contributed by atoms with Crippen LogP contribution in [-0.4, -0.2) is 54.3 Å². The fourth-order valence-electron chi connectivity index (χ4n) is 3.49. The largest absolute Gasteiger partial charge is 0.300 e. The number of piperazine rings is 1. The first-order chi connectivity index (χ1) is 8.83. The molecule has 1 heterocycles. The van der Waals surface area contributed by atoms with Gasteiger partial charge in [0, 0.05) is 51.1 Å². The number of nitrogens with zero attached hydrogens (tertiary/aromatic N) is 2. The van der Waals surface area contributed by atoms with E-state index in [0.717, 1.165) is 31.8 Å². The van der Waals surface area contributed by atoms with Crippen LogP contribution in [0.3, 0.4) is 0 Å². The van der Waals surface area contributed by atoms with Gasteiger partial charge >= 0.3 is 0 Å². The highest BCUT2D eigenvalue weighted by atomic mass is 16.1. The van der Waals surface area contributed by atoms with Crippen LogP contribution in [0.15, 0.2) is 0 Å². The molecule has 0 bridgehead atoms. The van der Waals surface area contributed by atoms with Crippen LogP contribution in [0.2, 0.25) is 0 Å². The molecule has 3 rings (SSSR count). The van der Waals surface area contributed by atoms with Crippen LogP contribution >= 0.6 is 0 Å². The van der Waals surface area contributed by atoms with Crippen LogP contribution in [0, 0.1) is 5.92 Å². The maximum absolute atomic E-state index is 12.0. The molecule has 1 atom stereocenters. The predicted molar refractivity (Wildman–Crippen MR) is 72.6 cm³/mol. The molecule has 2 saturated carbocycles. The molecule has 0 radical (unpaired) electrons. The van der Waals surface area contributed by atoms with Crippen molar-refractivity contribution in [3.05, 3.63) is 0 Å². The number of Topliss-reactive ketones (excluding diaryl/α,β-unsaturated/α-hetero) is 1. The fourth-order valence-corrected chi connectivity index (χ4v) is 3.49. The molecule has 0 amide bonds. The monoisotopic (exact) mass is 250 g/mol. The van der Waals surface area contributed by atoms with Gasteiger partial charge in [0.25, 0.3) is 0 Å². The zero-order valence-corrected chi connectivity index (χ0v) is 11.4. The Hall–Kier alpha value is -0.410. The first-order valence-corrected chi connectivity index (χ1v) is 7.82. The second kappa shape index (κ2) is 5.70. The molecule has 0 spiro atoms. The van der Waals surface area contributed by atoms with Crippen molar-refractivity contribution >= 4 is 5.78 Å². The normalized spacial score (nSPS) is 32.4. The van der Waals surface area contributed by atoms with Gasteiger partial charge in [0.15, 0.2) is 0 Å². The highest BCUT2D eigenvalue weighted by Gasteiger charge is 2.32. The first kappa shape index (κ1) is 12.6. The van der Waals surface area contributed by atoms with Crippen molar-refractivity contribution in [2.24, 2.45) is 5.92 Å². The molecule has 3 aliphatic rings. The fraction of sp³-hybridized carbons (Fsp3) is 0.933. The minimum atomic E-state index is 0.347. The van der Waals surface area contributed by atoms with Crippen molar-refractivity contribution in [2.75, 3.05) is 32.7 Å². The molecular formula is C15H26N2O. The smallest absolute Gasteiger partial charge is 0.137 e. The minimum Gasteiger partial charge on any atom is -0.300 e. The summed E-state index contributed by atoms with van der Waals surface area (Å²) in [5, 5.41) is 0. The van der Waals surface area contributed by atoms with Gasteiger partial charge < -0.3 is 4.90 Å². The average molecular weight is 250 g/mol. The van der Waals surface area contributed by atoms with E-state index in [-0.39, 0.29) is 0 Å². The van der Waals surface area contributed by atoms with E-state index < -0.39 is 0 Å². The topological polar surface area (TPSA) is 23.6 Å². The van der Waals surface area contributed by atoms with Crippen molar-refractivity contribution in [3.8, 4) is 0 Å². The third kappa shape index (κ3) is 3.12. The summed E-state index contributed by atoms with van der Waals surface area (Å²) in [6, 6.07) is 0.909. The molecule has 1 unspecified atom stereocenters. The van der Waals surface area contributed by atoms with Crippen molar-refractivity contribution in [3.63, 3.8) is 0 Å². The third-order valence-corrected chi connectivity index (χ3v) is 4.88. The SMILES string of the molecule is O=C1CCCCCC1CN1CCN(C2CC2)CC1. The van der Waals surface area contributed by atoms with Gasteiger partial charge in [0.2, 0.25) is 0 Å².